The van der Waals surface area contributed by atoms with Gasteiger partial charge in [0.1, 0.15) is 5.75 Å². The minimum absolute atomic E-state index is 0.291. The highest BCUT2D eigenvalue weighted by Crippen LogP contribution is 2.50. The second kappa shape index (κ2) is 7.42. The quantitative estimate of drug-likeness (QED) is 0.412. The summed E-state index contributed by atoms with van der Waals surface area (Å²) in [4.78, 5) is 26.2. The van der Waals surface area contributed by atoms with E-state index in [-0.39, 0.29) is 5.78 Å². The molecule has 1 fully saturated rings. The van der Waals surface area contributed by atoms with E-state index in [1.54, 1.807) is 35.5 Å². The van der Waals surface area contributed by atoms with E-state index >= 15 is 0 Å². The first-order chi connectivity index (χ1) is 10.6. The van der Waals surface area contributed by atoms with Gasteiger partial charge in [0.15, 0.2) is 0 Å². The average Bonchev–Trinajstić information content (AvgIpc) is 2.57. The molecule has 1 saturated heterocycles. The Bertz CT molecular complexity index is 537. The van der Waals surface area contributed by atoms with E-state index in [9.17, 15) is 9.59 Å². The molecular weight excluding hydrogens is 318 g/mol. The zero-order valence-electron chi connectivity index (χ0n) is 13.1. The number of rotatable bonds is 8. The Morgan fingerprint density at radius 2 is 1.59 bits per heavy atom. The van der Waals surface area contributed by atoms with Gasteiger partial charge in [-0.15, -0.1) is 23.5 Å². The molecule has 1 aliphatic heterocycles. The lowest BCUT2D eigenvalue weighted by Crippen LogP contribution is -2.69. The van der Waals surface area contributed by atoms with Gasteiger partial charge in [0.2, 0.25) is 4.20 Å². The van der Waals surface area contributed by atoms with Gasteiger partial charge in [0, 0.05) is 5.69 Å². The fourth-order valence-electron chi connectivity index (χ4n) is 2.22. The van der Waals surface area contributed by atoms with Crippen molar-refractivity contribution in [2.45, 2.75) is 30.9 Å². The number of β-lactam (4-membered cyclic amide) rings is 1. The molecule has 0 aliphatic carbocycles. The molecule has 0 aromatic heterocycles. The Morgan fingerprint density at radius 3 is 2.05 bits per heavy atom. The van der Waals surface area contributed by atoms with Gasteiger partial charge in [-0.1, -0.05) is 13.8 Å². The van der Waals surface area contributed by atoms with E-state index < -0.39 is 10.1 Å². The molecule has 0 unspecified atom stereocenters. The Kier molecular flexibility index (Phi) is 5.81. The van der Waals surface area contributed by atoms with Crippen LogP contribution in [0.1, 0.15) is 26.7 Å². The number of carbonyl (C=O) groups excluding carboxylic acids is 2. The number of anilines is 1. The van der Waals surface area contributed by atoms with Gasteiger partial charge in [0.25, 0.3) is 5.78 Å². The number of hydrogen-bond donors (Lipinski definition) is 0. The molecule has 0 N–H and O–H groups in total. The third kappa shape index (κ3) is 2.99. The van der Waals surface area contributed by atoms with Crippen molar-refractivity contribution in [3.63, 3.8) is 0 Å². The second-order valence-electron chi connectivity index (χ2n) is 4.95. The number of thioether (sulfide) groups is 2. The highest BCUT2D eigenvalue weighted by Gasteiger charge is 2.61. The summed E-state index contributed by atoms with van der Waals surface area (Å²) in [5.74, 6) is 1.72. The van der Waals surface area contributed by atoms with Crippen LogP contribution in [0.2, 0.25) is 0 Å². The topological polar surface area (TPSA) is 46.6 Å². The summed E-state index contributed by atoms with van der Waals surface area (Å²) in [6.07, 6.45) is 1.94. The first-order valence-electron chi connectivity index (χ1n) is 7.41. The molecule has 0 atom stereocenters. The zero-order chi connectivity index (χ0) is 16.2. The first kappa shape index (κ1) is 17.2. The van der Waals surface area contributed by atoms with Gasteiger partial charge in [-0.2, -0.15) is 0 Å². The van der Waals surface area contributed by atoms with Crippen molar-refractivity contribution in [3.8, 4) is 5.75 Å². The van der Waals surface area contributed by atoms with Gasteiger partial charge in [0.05, 0.1) is 7.11 Å². The lowest BCUT2D eigenvalue weighted by atomic mass is 10.1. The van der Waals surface area contributed by atoms with Gasteiger partial charge in [-0.25, -0.2) is 0 Å². The molecule has 1 aromatic carbocycles. The van der Waals surface area contributed by atoms with E-state index in [0.717, 1.165) is 35.8 Å². The van der Waals surface area contributed by atoms with Crippen LogP contribution in [0, 0.1) is 0 Å². The van der Waals surface area contributed by atoms with Crippen LogP contribution in [0.5, 0.6) is 5.75 Å². The number of ether oxygens (including phenoxy) is 1. The van der Waals surface area contributed by atoms with E-state index in [0.29, 0.717) is 0 Å². The summed E-state index contributed by atoms with van der Waals surface area (Å²) in [6, 6.07) is 7.28. The fraction of sp³-hybridized carbons (Fsp3) is 0.500. The van der Waals surface area contributed by atoms with Crippen molar-refractivity contribution in [2.75, 3.05) is 23.5 Å². The third-order valence-electron chi connectivity index (χ3n) is 3.31. The molecule has 22 heavy (non-hydrogen) atoms. The smallest absolute Gasteiger partial charge is 0.301 e. The maximum Gasteiger partial charge on any atom is 0.301 e. The van der Waals surface area contributed by atoms with E-state index in [1.165, 1.54) is 0 Å². The summed E-state index contributed by atoms with van der Waals surface area (Å²) >= 11 is 3.13. The van der Waals surface area contributed by atoms with Crippen molar-refractivity contribution in [3.05, 3.63) is 24.3 Å². The number of nitrogens with zero attached hydrogens (tertiary/aromatic N) is 1. The normalized spacial score (nSPS) is 16.6. The van der Waals surface area contributed by atoms with Crippen LogP contribution in [-0.4, -0.2) is 34.5 Å². The Hall–Kier alpha value is -1.14. The minimum Gasteiger partial charge on any atom is -0.497 e. The minimum atomic E-state index is -0.794. The summed E-state index contributed by atoms with van der Waals surface area (Å²) in [6.45, 7) is 4.15. The van der Waals surface area contributed by atoms with E-state index in [1.807, 2.05) is 24.3 Å². The maximum absolute atomic E-state index is 12.3. The predicted octanol–water partition coefficient (Wildman–Crippen LogP) is 3.55. The second-order valence-corrected chi connectivity index (χ2v) is 7.78. The molecule has 4 nitrogen and oxygen atoms in total. The first-order valence-corrected chi connectivity index (χ1v) is 9.38. The molecule has 1 heterocycles. The van der Waals surface area contributed by atoms with Crippen LogP contribution < -0.4 is 9.64 Å². The number of amides is 1. The molecular formula is C16H21NO3S2. The monoisotopic (exact) mass is 339 g/mol. The largest absolute Gasteiger partial charge is 0.497 e. The number of hydrogen-bond acceptors (Lipinski definition) is 5. The van der Waals surface area contributed by atoms with Crippen molar-refractivity contribution in [1.82, 2.24) is 0 Å². The zero-order valence-corrected chi connectivity index (χ0v) is 14.8. The molecule has 0 bridgehead atoms. The maximum atomic E-state index is 12.3. The number of carbonyl (C=O) groups is 2. The predicted molar refractivity (Wildman–Crippen MR) is 93.7 cm³/mol. The fourth-order valence-corrected chi connectivity index (χ4v) is 5.09. The summed E-state index contributed by atoms with van der Waals surface area (Å²) in [7, 11) is 1.60. The molecule has 6 heteroatoms. The number of methoxy groups -OCH3 is 1. The molecule has 2 rings (SSSR count). The lowest BCUT2D eigenvalue weighted by molar-refractivity contribution is -0.142. The van der Waals surface area contributed by atoms with Crippen LogP contribution in [0.3, 0.4) is 0 Å². The lowest BCUT2D eigenvalue weighted by Gasteiger charge is -2.48. The SMILES string of the molecule is CCCSC1(SCCC)C(=O)C(=O)N1c1ccc(OC)cc1. The Morgan fingerprint density at radius 1 is 1.05 bits per heavy atom. The van der Waals surface area contributed by atoms with Crippen LogP contribution in [-0.2, 0) is 9.59 Å². The highest BCUT2D eigenvalue weighted by molar-refractivity contribution is 8.20. The van der Waals surface area contributed by atoms with Gasteiger partial charge >= 0.3 is 5.91 Å². The molecule has 1 aromatic rings. The van der Waals surface area contributed by atoms with Crippen LogP contribution >= 0.6 is 23.5 Å². The Balaban J connectivity index is 2.31. The van der Waals surface area contributed by atoms with Gasteiger partial charge in [-0.05, 0) is 48.6 Å². The number of benzene rings is 1. The van der Waals surface area contributed by atoms with Crippen molar-refractivity contribution in [1.29, 1.82) is 0 Å². The summed E-state index contributed by atoms with van der Waals surface area (Å²) in [5.41, 5.74) is 0.748. The van der Waals surface area contributed by atoms with Crippen LogP contribution in [0.15, 0.2) is 24.3 Å². The molecule has 0 spiro atoms. The highest BCUT2D eigenvalue weighted by atomic mass is 32.2. The number of ketones is 1. The molecule has 120 valence electrons. The van der Waals surface area contributed by atoms with E-state index in [2.05, 4.69) is 13.8 Å². The van der Waals surface area contributed by atoms with Crippen molar-refractivity contribution < 1.29 is 14.3 Å². The summed E-state index contributed by atoms with van der Waals surface area (Å²) < 4.78 is 4.36. The molecule has 1 amide bonds. The van der Waals surface area contributed by atoms with Gasteiger partial charge < -0.3 is 4.74 Å². The Labute approximate surface area is 140 Å². The summed E-state index contributed by atoms with van der Waals surface area (Å²) in [5, 5.41) is 0. The van der Waals surface area contributed by atoms with Crippen LogP contribution in [0.4, 0.5) is 5.69 Å². The third-order valence-corrected chi connectivity index (χ3v) is 6.76. The van der Waals surface area contributed by atoms with Gasteiger partial charge in [-0.3, -0.25) is 14.5 Å². The van der Waals surface area contributed by atoms with Crippen molar-refractivity contribution in [2.24, 2.45) is 0 Å². The standard InChI is InChI=1S/C16H21NO3S2/c1-4-10-21-16(22-11-5-2)14(18)15(19)17(16)12-6-8-13(20-3)9-7-12/h6-9H,4-5,10-11H2,1-3H3. The molecule has 0 radical (unpaired) electrons. The average molecular weight is 339 g/mol. The number of Topliss-reactive ketones (excluding diaryl/α,β-unsaturated/α-hetero) is 1. The molecule has 0 saturated carbocycles. The van der Waals surface area contributed by atoms with E-state index in [4.69, 9.17) is 4.74 Å². The van der Waals surface area contributed by atoms with Crippen molar-refractivity contribution >= 4 is 40.9 Å². The van der Waals surface area contributed by atoms with Crippen LogP contribution in [0.25, 0.3) is 0 Å². The molecule has 1 aliphatic rings.